The Morgan fingerprint density at radius 2 is 2.32 bits per heavy atom. The summed E-state index contributed by atoms with van der Waals surface area (Å²) in [4.78, 5) is 14.2. The Balaban J connectivity index is 2.03. The summed E-state index contributed by atoms with van der Waals surface area (Å²) in [6, 6.07) is 5.80. The van der Waals surface area contributed by atoms with Crippen LogP contribution >= 0.6 is 38.5 Å². The first-order valence-corrected chi connectivity index (χ1v) is 8.27. The lowest BCUT2D eigenvalue weighted by Gasteiger charge is -2.27. The van der Waals surface area contributed by atoms with Crippen molar-refractivity contribution in [1.82, 2.24) is 4.90 Å². The molecular weight excluding hydrogens is 421 g/mol. The van der Waals surface area contributed by atoms with E-state index in [1.54, 1.807) is 4.90 Å². The molecule has 1 aliphatic heterocycles. The molecule has 1 atom stereocenters. The molecule has 0 bridgehead atoms. The van der Waals surface area contributed by atoms with Crippen LogP contribution in [0.3, 0.4) is 0 Å². The zero-order chi connectivity index (χ0) is 13.8. The van der Waals surface area contributed by atoms with Gasteiger partial charge in [-0.05, 0) is 76.0 Å². The molecule has 3 nitrogen and oxygen atoms in total. The van der Waals surface area contributed by atoms with Crippen LogP contribution in [-0.2, 0) is 4.74 Å². The molecule has 1 heterocycles. The van der Waals surface area contributed by atoms with Gasteiger partial charge in [0.25, 0.3) is 5.91 Å². The molecular formula is C14H17BrINO2. The Hall–Kier alpha value is -0.140. The minimum Gasteiger partial charge on any atom is -0.376 e. The van der Waals surface area contributed by atoms with Gasteiger partial charge in [-0.2, -0.15) is 0 Å². The number of carbonyl (C=O) groups is 1. The first kappa shape index (κ1) is 15.3. The zero-order valence-corrected chi connectivity index (χ0v) is 14.6. The molecule has 0 saturated carbocycles. The molecule has 0 spiro atoms. The molecule has 1 saturated heterocycles. The largest absolute Gasteiger partial charge is 0.376 e. The van der Waals surface area contributed by atoms with Crippen molar-refractivity contribution in [3.8, 4) is 0 Å². The van der Waals surface area contributed by atoms with Crippen LogP contribution in [-0.4, -0.2) is 37.1 Å². The van der Waals surface area contributed by atoms with Gasteiger partial charge >= 0.3 is 0 Å². The van der Waals surface area contributed by atoms with Crippen molar-refractivity contribution in [2.45, 2.75) is 25.4 Å². The van der Waals surface area contributed by atoms with Crippen LogP contribution in [0.2, 0.25) is 0 Å². The lowest BCUT2D eigenvalue weighted by molar-refractivity contribution is -0.000205. The van der Waals surface area contributed by atoms with E-state index in [1.165, 1.54) is 6.42 Å². The van der Waals surface area contributed by atoms with Crippen molar-refractivity contribution in [3.05, 3.63) is 31.8 Å². The first-order chi connectivity index (χ1) is 9.08. The second-order valence-corrected chi connectivity index (χ2v) is 6.90. The lowest BCUT2D eigenvalue weighted by Crippen LogP contribution is -2.37. The predicted molar refractivity (Wildman–Crippen MR) is 87.4 cm³/mol. The van der Waals surface area contributed by atoms with E-state index in [4.69, 9.17) is 4.74 Å². The van der Waals surface area contributed by atoms with Gasteiger partial charge < -0.3 is 9.64 Å². The van der Waals surface area contributed by atoms with Crippen LogP contribution in [0.25, 0.3) is 0 Å². The summed E-state index contributed by atoms with van der Waals surface area (Å²) in [6.07, 6.45) is 3.56. The highest BCUT2D eigenvalue weighted by Gasteiger charge is 2.21. The van der Waals surface area contributed by atoms with E-state index in [0.29, 0.717) is 12.1 Å². The molecule has 0 radical (unpaired) electrons. The second kappa shape index (κ2) is 7.04. The molecule has 5 heteroatoms. The van der Waals surface area contributed by atoms with E-state index >= 15 is 0 Å². The average Bonchev–Trinajstić information content (AvgIpc) is 2.42. The lowest BCUT2D eigenvalue weighted by atomic mass is 10.1. The van der Waals surface area contributed by atoms with E-state index in [9.17, 15) is 4.79 Å². The van der Waals surface area contributed by atoms with Crippen LogP contribution in [0.1, 0.15) is 29.6 Å². The number of rotatable bonds is 3. The first-order valence-electron chi connectivity index (χ1n) is 6.40. The van der Waals surface area contributed by atoms with Gasteiger partial charge in [-0.3, -0.25) is 4.79 Å². The second-order valence-electron chi connectivity index (χ2n) is 4.80. The standard InChI is InChI=1S/C14H17BrINO2/c1-17(9-11-4-2-3-7-19-11)14(18)12-8-10(16)5-6-13(12)15/h5-6,8,11H,2-4,7,9H2,1H3. The van der Waals surface area contributed by atoms with Crippen molar-refractivity contribution in [1.29, 1.82) is 0 Å². The third-order valence-electron chi connectivity index (χ3n) is 3.26. The monoisotopic (exact) mass is 437 g/mol. The fraction of sp³-hybridized carbons (Fsp3) is 0.500. The van der Waals surface area contributed by atoms with Crippen LogP contribution in [0, 0.1) is 3.57 Å². The van der Waals surface area contributed by atoms with Crippen molar-refractivity contribution >= 4 is 44.4 Å². The van der Waals surface area contributed by atoms with Gasteiger partial charge in [0.15, 0.2) is 0 Å². The number of benzene rings is 1. The molecule has 1 amide bonds. The van der Waals surface area contributed by atoms with Crippen molar-refractivity contribution in [3.63, 3.8) is 0 Å². The van der Waals surface area contributed by atoms with Crippen LogP contribution in [0.4, 0.5) is 0 Å². The third kappa shape index (κ3) is 4.16. The smallest absolute Gasteiger partial charge is 0.254 e. The SMILES string of the molecule is CN(CC1CCCCO1)C(=O)c1cc(I)ccc1Br. The van der Waals surface area contributed by atoms with Crippen LogP contribution < -0.4 is 0 Å². The quantitative estimate of drug-likeness (QED) is 0.675. The summed E-state index contributed by atoms with van der Waals surface area (Å²) in [6.45, 7) is 1.48. The molecule has 1 unspecified atom stereocenters. The van der Waals surface area contributed by atoms with Gasteiger partial charge in [-0.25, -0.2) is 0 Å². The van der Waals surface area contributed by atoms with Gasteiger partial charge in [0.05, 0.1) is 11.7 Å². The molecule has 19 heavy (non-hydrogen) atoms. The van der Waals surface area contributed by atoms with E-state index in [-0.39, 0.29) is 12.0 Å². The number of halogens is 2. The molecule has 2 rings (SSSR count). The van der Waals surface area contributed by atoms with E-state index in [1.807, 2.05) is 25.2 Å². The van der Waals surface area contributed by atoms with E-state index in [2.05, 4.69) is 38.5 Å². The zero-order valence-electron chi connectivity index (χ0n) is 10.9. The number of amides is 1. The number of likely N-dealkylation sites (N-methyl/N-ethyl adjacent to an activating group) is 1. The number of ether oxygens (including phenoxy) is 1. The maximum Gasteiger partial charge on any atom is 0.254 e. The van der Waals surface area contributed by atoms with Crippen LogP contribution in [0.5, 0.6) is 0 Å². The Morgan fingerprint density at radius 3 is 3.00 bits per heavy atom. The normalized spacial score (nSPS) is 19.2. The number of hydrogen-bond donors (Lipinski definition) is 0. The summed E-state index contributed by atoms with van der Waals surface area (Å²) >= 11 is 5.66. The maximum absolute atomic E-state index is 12.4. The van der Waals surface area contributed by atoms with Crippen molar-refractivity contribution in [2.75, 3.05) is 20.2 Å². The molecule has 1 aromatic rings. The molecule has 104 valence electrons. The van der Waals surface area contributed by atoms with Crippen LogP contribution in [0.15, 0.2) is 22.7 Å². The van der Waals surface area contributed by atoms with Crippen molar-refractivity contribution in [2.24, 2.45) is 0 Å². The van der Waals surface area contributed by atoms with Gasteiger partial charge in [0.1, 0.15) is 0 Å². The highest BCUT2D eigenvalue weighted by molar-refractivity contribution is 14.1. The molecule has 1 aromatic carbocycles. The summed E-state index contributed by atoms with van der Waals surface area (Å²) in [5.41, 5.74) is 0.713. The summed E-state index contributed by atoms with van der Waals surface area (Å²) < 4.78 is 7.59. The maximum atomic E-state index is 12.4. The number of hydrogen-bond acceptors (Lipinski definition) is 2. The third-order valence-corrected chi connectivity index (χ3v) is 4.62. The minimum atomic E-state index is 0.0413. The van der Waals surface area contributed by atoms with E-state index < -0.39 is 0 Å². The van der Waals surface area contributed by atoms with Gasteiger partial charge in [-0.15, -0.1) is 0 Å². The topological polar surface area (TPSA) is 29.5 Å². The predicted octanol–water partition coefficient (Wildman–Crippen LogP) is 3.69. The summed E-state index contributed by atoms with van der Waals surface area (Å²) in [5, 5.41) is 0. The number of carbonyl (C=O) groups excluding carboxylic acids is 1. The van der Waals surface area contributed by atoms with Gasteiger partial charge in [0.2, 0.25) is 0 Å². The fourth-order valence-electron chi connectivity index (χ4n) is 2.21. The molecule has 1 fully saturated rings. The Bertz CT molecular complexity index is 461. The van der Waals surface area contributed by atoms with E-state index in [0.717, 1.165) is 27.5 Å². The summed E-state index contributed by atoms with van der Waals surface area (Å²) in [7, 11) is 1.84. The Kier molecular flexibility index (Phi) is 5.65. The van der Waals surface area contributed by atoms with Crippen molar-refractivity contribution < 1.29 is 9.53 Å². The highest BCUT2D eigenvalue weighted by atomic mass is 127. The minimum absolute atomic E-state index is 0.0413. The molecule has 1 aliphatic rings. The molecule has 0 aliphatic carbocycles. The number of nitrogens with zero attached hydrogens (tertiary/aromatic N) is 1. The molecule has 0 aromatic heterocycles. The Labute approximate surface area is 136 Å². The molecule has 0 N–H and O–H groups in total. The average molecular weight is 438 g/mol. The Morgan fingerprint density at radius 1 is 1.53 bits per heavy atom. The van der Waals surface area contributed by atoms with Gasteiger partial charge in [0, 0.05) is 28.2 Å². The highest BCUT2D eigenvalue weighted by Crippen LogP contribution is 2.21. The summed E-state index contributed by atoms with van der Waals surface area (Å²) in [5.74, 6) is 0.0413. The van der Waals surface area contributed by atoms with Gasteiger partial charge in [-0.1, -0.05) is 0 Å². The fourth-order valence-corrected chi connectivity index (χ4v) is 3.11.